The van der Waals surface area contributed by atoms with E-state index in [-0.39, 0.29) is 5.78 Å². The van der Waals surface area contributed by atoms with Gasteiger partial charge in [-0.2, -0.15) is 0 Å². The molecule has 110 valence electrons. The molecule has 0 saturated carbocycles. The molecule has 0 aliphatic heterocycles. The molecule has 2 aromatic rings. The summed E-state index contributed by atoms with van der Waals surface area (Å²) >= 11 is 3.35. The maximum Gasteiger partial charge on any atom is 0.196 e. The average molecular weight is 351 g/mol. The fourth-order valence-corrected chi connectivity index (χ4v) is 2.23. The van der Waals surface area contributed by atoms with Crippen LogP contribution in [0.2, 0.25) is 0 Å². The standard InChI is InChI=1S/C16H15BrO4/c1-19-13-9-15(21-3)14(20-2)8-12(13)16(18)10-4-6-11(17)7-5-10/h4-9H,1-3H3. The number of benzene rings is 2. The van der Waals surface area contributed by atoms with Crippen LogP contribution >= 0.6 is 15.9 Å². The summed E-state index contributed by atoms with van der Waals surface area (Å²) in [6.07, 6.45) is 0. The minimum atomic E-state index is -0.139. The van der Waals surface area contributed by atoms with Gasteiger partial charge >= 0.3 is 0 Å². The molecule has 2 rings (SSSR count). The number of carbonyl (C=O) groups is 1. The maximum absolute atomic E-state index is 12.6. The largest absolute Gasteiger partial charge is 0.496 e. The van der Waals surface area contributed by atoms with E-state index < -0.39 is 0 Å². The van der Waals surface area contributed by atoms with Crippen molar-refractivity contribution in [2.75, 3.05) is 21.3 Å². The molecule has 0 N–H and O–H groups in total. The molecular formula is C16H15BrO4. The molecule has 0 bridgehead atoms. The van der Waals surface area contributed by atoms with Crippen LogP contribution in [0.4, 0.5) is 0 Å². The zero-order chi connectivity index (χ0) is 15.4. The van der Waals surface area contributed by atoms with E-state index in [1.54, 1.807) is 24.3 Å². The van der Waals surface area contributed by atoms with E-state index in [0.29, 0.717) is 28.4 Å². The second-order valence-electron chi connectivity index (χ2n) is 4.24. The molecule has 0 saturated heterocycles. The summed E-state index contributed by atoms with van der Waals surface area (Å²) in [6, 6.07) is 10.4. The smallest absolute Gasteiger partial charge is 0.196 e. The Labute approximate surface area is 131 Å². The Hall–Kier alpha value is -2.01. The van der Waals surface area contributed by atoms with Crippen molar-refractivity contribution in [3.05, 3.63) is 52.0 Å². The first kappa shape index (κ1) is 15.4. The summed E-state index contributed by atoms with van der Waals surface area (Å²) < 4.78 is 16.7. The van der Waals surface area contributed by atoms with E-state index in [2.05, 4.69) is 15.9 Å². The SMILES string of the molecule is COc1cc(OC)c(C(=O)c2ccc(Br)cc2)cc1OC. The van der Waals surface area contributed by atoms with Gasteiger partial charge in [-0.15, -0.1) is 0 Å². The molecule has 0 spiro atoms. The second kappa shape index (κ2) is 6.63. The van der Waals surface area contributed by atoms with Crippen LogP contribution in [0.15, 0.2) is 40.9 Å². The number of rotatable bonds is 5. The molecule has 0 atom stereocenters. The molecule has 5 heteroatoms. The van der Waals surface area contributed by atoms with Gasteiger partial charge in [0.15, 0.2) is 17.3 Å². The first-order chi connectivity index (χ1) is 10.1. The summed E-state index contributed by atoms with van der Waals surface area (Å²) in [4.78, 5) is 12.6. The number of methoxy groups -OCH3 is 3. The van der Waals surface area contributed by atoms with Crippen LogP contribution in [-0.4, -0.2) is 27.1 Å². The first-order valence-corrected chi connectivity index (χ1v) is 7.00. The molecule has 0 heterocycles. The predicted octanol–water partition coefficient (Wildman–Crippen LogP) is 3.71. The quantitative estimate of drug-likeness (QED) is 0.771. The van der Waals surface area contributed by atoms with Gasteiger partial charge in [-0.25, -0.2) is 0 Å². The van der Waals surface area contributed by atoms with Crippen LogP contribution in [0.5, 0.6) is 17.2 Å². The summed E-state index contributed by atoms with van der Waals surface area (Å²) in [5, 5.41) is 0. The summed E-state index contributed by atoms with van der Waals surface area (Å²) in [6.45, 7) is 0. The predicted molar refractivity (Wildman–Crippen MR) is 83.7 cm³/mol. The molecule has 2 aromatic carbocycles. The van der Waals surface area contributed by atoms with Gasteiger partial charge in [-0.1, -0.05) is 15.9 Å². The maximum atomic E-state index is 12.6. The minimum Gasteiger partial charge on any atom is -0.496 e. The van der Waals surface area contributed by atoms with Gasteiger partial charge in [0.05, 0.1) is 26.9 Å². The Morgan fingerprint density at radius 1 is 0.857 bits per heavy atom. The third-order valence-electron chi connectivity index (χ3n) is 3.06. The van der Waals surface area contributed by atoms with Crippen molar-refractivity contribution in [1.29, 1.82) is 0 Å². The van der Waals surface area contributed by atoms with Crippen molar-refractivity contribution in [2.45, 2.75) is 0 Å². The van der Waals surface area contributed by atoms with Crippen LogP contribution < -0.4 is 14.2 Å². The third-order valence-corrected chi connectivity index (χ3v) is 3.59. The highest BCUT2D eigenvalue weighted by Gasteiger charge is 2.18. The molecule has 0 aromatic heterocycles. The van der Waals surface area contributed by atoms with E-state index >= 15 is 0 Å². The van der Waals surface area contributed by atoms with E-state index in [0.717, 1.165) is 4.47 Å². The molecule has 0 aliphatic rings. The number of ketones is 1. The Morgan fingerprint density at radius 3 is 1.90 bits per heavy atom. The van der Waals surface area contributed by atoms with E-state index in [4.69, 9.17) is 14.2 Å². The lowest BCUT2D eigenvalue weighted by molar-refractivity contribution is 0.103. The zero-order valence-electron chi connectivity index (χ0n) is 12.0. The summed E-state index contributed by atoms with van der Waals surface area (Å²) in [5.41, 5.74) is 1.00. The normalized spacial score (nSPS) is 10.1. The van der Waals surface area contributed by atoms with Crippen LogP contribution in [-0.2, 0) is 0 Å². The number of hydrogen-bond acceptors (Lipinski definition) is 4. The fourth-order valence-electron chi connectivity index (χ4n) is 1.96. The molecule has 0 radical (unpaired) electrons. The lowest BCUT2D eigenvalue weighted by Crippen LogP contribution is -2.05. The van der Waals surface area contributed by atoms with Crippen LogP contribution in [0.1, 0.15) is 15.9 Å². The second-order valence-corrected chi connectivity index (χ2v) is 5.16. The van der Waals surface area contributed by atoms with Gasteiger partial charge in [-0.3, -0.25) is 4.79 Å². The van der Waals surface area contributed by atoms with Crippen molar-refractivity contribution in [3.8, 4) is 17.2 Å². The summed E-state index contributed by atoms with van der Waals surface area (Å²) in [7, 11) is 4.57. The highest BCUT2D eigenvalue weighted by molar-refractivity contribution is 9.10. The van der Waals surface area contributed by atoms with Gasteiger partial charge in [0.2, 0.25) is 0 Å². The van der Waals surface area contributed by atoms with Crippen molar-refractivity contribution in [1.82, 2.24) is 0 Å². The van der Waals surface area contributed by atoms with E-state index in [1.165, 1.54) is 21.3 Å². The average Bonchev–Trinajstić information content (AvgIpc) is 2.53. The summed E-state index contributed by atoms with van der Waals surface area (Å²) in [5.74, 6) is 1.31. The van der Waals surface area contributed by atoms with Crippen molar-refractivity contribution < 1.29 is 19.0 Å². The number of ether oxygens (including phenoxy) is 3. The fraction of sp³-hybridized carbons (Fsp3) is 0.188. The van der Waals surface area contributed by atoms with Gasteiger partial charge < -0.3 is 14.2 Å². The lowest BCUT2D eigenvalue weighted by atomic mass is 10.0. The molecule has 0 fully saturated rings. The van der Waals surface area contributed by atoms with E-state index in [9.17, 15) is 4.79 Å². The molecule has 0 aliphatic carbocycles. The molecule has 21 heavy (non-hydrogen) atoms. The zero-order valence-corrected chi connectivity index (χ0v) is 13.6. The lowest BCUT2D eigenvalue weighted by Gasteiger charge is -2.13. The van der Waals surface area contributed by atoms with Crippen molar-refractivity contribution in [2.24, 2.45) is 0 Å². The number of halogens is 1. The van der Waals surface area contributed by atoms with Crippen LogP contribution in [0, 0.1) is 0 Å². The highest BCUT2D eigenvalue weighted by Crippen LogP contribution is 2.35. The van der Waals surface area contributed by atoms with Gasteiger partial charge in [0.1, 0.15) is 5.75 Å². The number of carbonyl (C=O) groups excluding carboxylic acids is 1. The van der Waals surface area contributed by atoms with Gasteiger partial charge in [0.25, 0.3) is 0 Å². The number of hydrogen-bond donors (Lipinski definition) is 0. The Kier molecular flexibility index (Phi) is 4.85. The Balaban J connectivity index is 2.51. The molecule has 4 nitrogen and oxygen atoms in total. The van der Waals surface area contributed by atoms with Gasteiger partial charge in [0, 0.05) is 16.1 Å². The Morgan fingerprint density at radius 2 is 1.38 bits per heavy atom. The molecule has 0 amide bonds. The monoisotopic (exact) mass is 350 g/mol. The first-order valence-electron chi connectivity index (χ1n) is 6.21. The van der Waals surface area contributed by atoms with Crippen LogP contribution in [0.3, 0.4) is 0 Å². The Bertz CT molecular complexity index is 650. The van der Waals surface area contributed by atoms with E-state index in [1.807, 2.05) is 12.1 Å². The molecule has 0 unspecified atom stereocenters. The highest BCUT2D eigenvalue weighted by atomic mass is 79.9. The van der Waals surface area contributed by atoms with Crippen molar-refractivity contribution in [3.63, 3.8) is 0 Å². The topological polar surface area (TPSA) is 44.8 Å². The van der Waals surface area contributed by atoms with Crippen molar-refractivity contribution >= 4 is 21.7 Å². The third kappa shape index (κ3) is 3.19. The minimum absolute atomic E-state index is 0.139. The van der Waals surface area contributed by atoms with Gasteiger partial charge in [-0.05, 0) is 30.3 Å². The van der Waals surface area contributed by atoms with Crippen LogP contribution in [0.25, 0.3) is 0 Å². The molecular weight excluding hydrogens is 336 g/mol.